The van der Waals surface area contributed by atoms with Crippen LogP contribution in [0.4, 0.5) is 4.39 Å². The third kappa shape index (κ3) is 3.09. The number of rotatable bonds is 4. The first-order chi connectivity index (χ1) is 10.2. The molecule has 0 radical (unpaired) electrons. The predicted octanol–water partition coefficient (Wildman–Crippen LogP) is 4.22. The number of hydrogen-bond donors (Lipinski definition) is 1. The largest absolute Gasteiger partial charge is 0.306 e. The van der Waals surface area contributed by atoms with E-state index in [0.717, 1.165) is 16.5 Å². The van der Waals surface area contributed by atoms with Gasteiger partial charge in [-0.15, -0.1) is 0 Å². The molecule has 2 aromatic carbocycles. The van der Waals surface area contributed by atoms with E-state index in [-0.39, 0.29) is 11.9 Å². The maximum Gasteiger partial charge on any atom is 0.123 e. The normalized spacial score (nSPS) is 12.5. The van der Waals surface area contributed by atoms with Crippen molar-refractivity contribution in [2.75, 3.05) is 0 Å². The summed E-state index contributed by atoms with van der Waals surface area (Å²) in [5.74, 6) is -0.201. The van der Waals surface area contributed by atoms with E-state index >= 15 is 0 Å². The topological polar surface area (TPSA) is 24.9 Å². The van der Waals surface area contributed by atoms with Crippen LogP contribution in [0.1, 0.15) is 24.1 Å². The summed E-state index contributed by atoms with van der Waals surface area (Å²) in [6.07, 6.45) is 3.75. The number of fused-ring (bicyclic) bond motifs is 1. The number of aromatic nitrogens is 1. The van der Waals surface area contributed by atoms with E-state index in [2.05, 4.69) is 22.4 Å². The Morgan fingerprint density at radius 3 is 2.81 bits per heavy atom. The zero-order valence-electron chi connectivity index (χ0n) is 11.9. The van der Waals surface area contributed by atoms with Gasteiger partial charge in [0, 0.05) is 30.4 Å². The SMILES string of the molecule is C[C@@H](NCc1cncc2ccccc12)c1cccc(F)c1. The van der Waals surface area contributed by atoms with Gasteiger partial charge in [-0.25, -0.2) is 4.39 Å². The molecule has 0 aliphatic rings. The summed E-state index contributed by atoms with van der Waals surface area (Å²) in [4.78, 5) is 4.28. The standard InChI is InChI=1S/C18H17FN2/c1-13(14-6-4-7-17(19)9-14)21-12-16-11-20-10-15-5-2-3-8-18(15)16/h2-11,13,21H,12H2,1H3/t13-/m1/s1. The van der Waals surface area contributed by atoms with Gasteiger partial charge in [0.15, 0.2) is 0 Å². The number of pyridine rings is 1. The van der Waals surface area contributed by atoms with Gasteiger partial charge in [0.25, 0.3) is 0 Å². The molecule has 106 valence electrons. The fourth-order valence-corrected chi connectivity index (χ4v) is 2.48. The van der Waals surface area contributed by atoms with Gasteiger partial charge in [0.05, 0.1) is 0 Å². The van der Waals surface area contributed by atoms with Crippen LogP contribution in [0.3, 0.4) is 0 Å². The molecule has 1 aromatic heterocycles. The van der Waals surface area contributed by atoms with E-state index < -0.39 is 0 Å². The second-order valence-corrected chi connectivity index (χ2v) is 5.18. The molecule has 0 amide bonds. The third-order valence-electron chi connectivity index (χ3n) is 3.70. The Bertz CT molecular complexity index is 750. The molecule has 3 aromatic rings. The number of nitrogens with one attached hydrogen (secondary N) is 1. The van der Waals surface area contributed by atoms with Crippen molar-refractivity contribution in [1.29, 1.82) is 0 Å². The zero-order chi connectivity index (χ0) is 14.7. The summed E-state index contributed by atoms with van der Waals surface area (Å²) in [6.45, 7) is 2.74. The Morgan fingerprint density at radius 1 is 1.10 bits per heavy atom. The lowest BCUT2D eigenvalue weighted by Gasteiger charge is -2.15. The van der Waals surface area contributed by atoms with Gasteiger partial charge in [-0.3, -0.25) is 4.98 Å². The van der Waals surface area contributed by atoms with Crippen LogP contribution in [-0.2, 0) is 6.54 Å². The highest BCUT2D eigenvalue weighted by Gasteiger charge is 2.07. The van der Waals surface area contributed by atoms with Crippen molar-refractivity contribution in [2.45, 2.75) is 19.5 Å². The molecule has 3 rings (SSSR count). The van der Waals surface area contributed by atoms with E-state index in [1.54, 1.807) is 12.1 Å². The van der Waals surface area contributed by atoms with Crippen LogP contribution < -0.4 is 5.32 Å². The van der Waals surface area contributed by atoms with Gasteiger partial charge < -0.3 is 5.32 Å². The van der Waals surface area contributed by atoms with E-state index in [4.69, 9.17) is 0 Å². The Morgan fingerprint density at radius 2 is 1.95 bits per heavy atom. The van der Waals surface area contributed by atoms with Crippen LogP contribution >= 0.6 is 0 Å². The lowest BCUT2D eigenvalue weighted by molar-refractivity contribution is 0.566. The van der Waals surface area contributed by atoms with Crippen LogP contribution in [0.25, 0.3) is 10.8 Å². The molecule has 3 heteroatoms. The van der Waals surface area contributed by atoms with Gasteiger partial charge in [-0.2, -0.15) is 0 Å². The summed E-state index contributed by atoms with van der Waals surface area (Å²) in [5, 5.41) is 5.76. The minimum atomic E-state index is -0.201. The van der Waals surface area contributed by atoms with Crippen molar-refractivity contribution < 1.29 is 4.39 Å². The van der Waals surface area contributed by atoms with Crippen molar-refractivity contribution in [3.8, 4) is 0 Å². The second-order valence-electron chi connectivity index (χ2n) is 5.18. The van der Waals surface area contributed by atoms with Crippen molar-refractivity contribution in [3.63, 3.8) is 0 Å². The Labute approximate surface area is 123 Å². The maximum atomic E-state index is 13.3. The average molecular weight is 280 g/mol. The summed E-state index contributed by atoms with van der Waals surface area (Å²) in [7, 11) is 0. The van der Waals surface area contributed by atoms with Gasteiger partial charge >= 0.3 is 0 Å². The van der Waals surface area contributed by atoms with Crippen LogP contribution in [-0.4, -0.2) is 4.98 Å². The molecule has 0 spiro atoms. The summed E-state index contributed by atoms with van der Waals surface area (Å²) in [6, 6.07) is 15.0. The molecule has 2 nitrogen and oxygen atoms in total. The van der Waals surface area contributed by atoms with Crippen LogP contribution in [0.2, 0.25) is 0 Å². The molecule has 0 saturated carbocycles. The van der Waals surface area contributed by atoms with E-state index in [1.165, 1.54) is 11.5 Å². The fraction of sp³-hybridized carbons (Fsp3) is 0.167. The highest BCUT2D eigenvalue weighted by atomic mass is 19.1. The molecule has 1 heterocycles. The molecule has 0 bridgehead atoms. The highest BCUT2D eigenvalue weighted by Crippen LogP contribution is 2.19. The maximum absolute atomic E-state index is 13.3. The molecule has 21 heavy (non-hydrogen) atoms. The molecule has 0 fully saturated rings. The second kappa shape index (κ2) is 6.02. The monoisotopic (exact) mass is 280 g/mol. The first-order valence-electron chi connectivity index (χ1n) is 7.04. The molecule has 1 N–H and O–H groups in total. The van der Waals surface area contributed by atoms with E-state index in [0.29, 0.717) is 6.54 Å². The van der Waals surface area contributed by atoms with Gasteiger partial charge in [0.2, 0.25) is 0 Å². The number of halogens is 1. The quantitative estimate of drug-likeness (QED) is 0.773. The van der Waals surface area contributed by atoms with Gasteiger partial charge in [-0.05, 0) is 35.6 Å². The lowest BCUT2D eigenvalue weighted by Crippen LogP contribution is -2.18. The smallest absolute Gasteiger partial charge is 0.123 e. The molecule has 1 atom stereocenters. The minimum Gasteiger partial charge on any atom is -0.306 e. The molecule has 0 aliphatic carbocycles. The number of benzene rings is 2. The predicted molar refractivity (Wildman–Crippen MR) is 83.4 cm³/mol. The van der Waals surface area contributed by atoms with Crippen molar-refractivity contribution >= 4 is 10.8 Å². The van der Waals surface area contributed by atoms with Gasteiger partial charge in [0.1, 0.15) is 5.82 Å². The van der Waals surface area contributed by atoms with Crippen molar-refractivity contribution in [1.82, 2.24) is 10.3 Å². The zero-order valence-corrected chi connectivity index (χ0v) is 11.9. The van der Waals surface area contributed by atoms with E-state index in [9.17, 15) is 4.39 Å². The van der Waals surface area contributed by atoms with Crippen LogP contribution in [0, 0.1) is 5.82 Å². The Hall–Kier alpha value is -2.26. The number of nitrogens with zero attached hydrogens (tertiary/aromatic N) is 1. The average Bonchev–Trinajstić information content (AvgIpc) is 2.52. The molecular weight excluding hydrogens is 263 g/mol. The third-order valence-corrected chi connectivity index (χ3v) is 3.70. The summed E-state index contributed by atoms with van der Waals surface area (Å²) >= 11 is 0. The van der Waals surface area contributed by atoms with Crippen LogP contribution in [0.15, 0.2) is 60.9 Å². The summed E-state index contributed by atoms with van der Waals surface area (Å²) < 4.78 is 13.3. The van der Waals surface area contributed by atoms with Gasteiger partial charge in [-0.1, -0.05) is 36.4 Å². The first-order valence-corrected chi connectivity index (χ1v) is 7.04. The molecular formula is C18H17FN2. The fourth-order valence-electron chi connectivity index (χ4n) is 2.48. The Kier molecular flexibility index (Phi) is 3.93. The summed E-state index contributed by atoms with van der Waals surface area (Å²) in [5.41, 5.74) is 2.10. The lowest BCUT2D eigenvalue weighted by atomic mass is 10.1. The molecule has 0 unspecified atom stereocenters. The van der Waals surface area contributed by atoms with Crippen molar-refractivity contribution in [3.05, 3.63) is 77.9 Å². The minimum absolute atomic E-state index is 0.0830. The van der Waals surface area contributed by atoms with Crippen molar-refractivity contribution in [2.24, 2.45) is 0 Å². The first kappa shape index (κ1) is 13.7. The highest BCUT2D eigenvalue weighted by molar-refractivity contribution is 5.84. The molecule has 0 aliphatic heterocycles. The van der Waals surface area contributed by atoms with E-state index in [1.807, 2.05) is 37.5 Å². The number of hydrogen-bond acceptors (Lipinski definition) is 2. The van der Waals surface area contributed by atoms with Crippen LogP contribution in [0.5, 0.6) is 0 Å². The molecule has 0 saturated heterocycles. The Balaban J connectivity index is 1.77.